The van der Waals surface area contributed by atoms with Crippen LogP contribution in [0.25, 0.3) is 0 Å². The van der Waals surface area contributed by atoms with E-state index in [4.69, 9.17) is 5.11 Å². The third-order valence-electron chi connectivity index (χ3n) is 2.17. The van der Waals surface area contributed by atoms with Crippen LogP contribution in [0, 0.1) is 0 Å². The monoisotopic (exact) mass is 187 g/mol. The molecular formula is C10H21NO2. The molecule has 0 rings (SSSR count). The van der Waals surface area contributed by atoms with Gasteiger partial charge in [0.2, 0.25) is 0 Å². The number of hydrogen-bond acceptors (Lipinski definition) is 2. The Hall–Kier alpha value is -0.570. The van der Waals surface area contributed by atoms with E-state index >= 15 is 0 Å². The van der Waals surface area contributed by atoms with E-state index in [0.717, 1.165) is 12.8 Å². The van der Waals surface area contributed by atoms with Gasteiger partial charge in [-0.1, -0.05) is 26.7 Å². The standard InChI is InChI=1S/C10H21NO2/c1-3-5-6-9(4-2)11-8-7-10(12)13/h9,11H,3-8H2,1-2H3,(H,12,13). The van der Waals surface area contributed by atoms with Gasteiger partial charge in [0, 0.05) is 12.6 Å². The van der Waals surface area contributed by atoms with Crippen molar-refractivity contribution in [3.63, 3.8) is 0 Å². The van der Waals surface area contributed by atoms with Crippen molar-refractivity contribution >= 4 is 5.97 Å². The van der Waals surface area contributed by atoms with E-state index in [1.807, 2.05) is 0 Å². The molecule has 0 saturated heterocycles. The van der Waals surface area contributed by atoms with Crippen LogP contribution in [0.15, 0.2) is 0 Å². The summed E-state index contributed by atoms with van der Waals surface area (Å²) < 4.78 is 0. The number of aliphatic carboxylic acids is 1. The molecule has 0 amide bonds. The van der Waals surface area contributed by atoms with Crippen molar-refractivity contribution in [1.82, 2.24) is 5.32 Å². The molecule has 78 valence electrons. The first-order valence-electron chi connectivity index (χ1n) is 5.15. The summed E-state index contributed by atoms with van der Waals surface area (Å²) in [7, 11) is 0. The Bertz CT molecular complexity index is 137. The summed E-state index contributed by atoms with van der Waals surface area (Å²) in [4.78, 5) is 10.2. The van der Waals surface area contributed by atoms with E-state index in [1.165, 1.54) is 12.8 Å². The van der Waals surface area contributed by atoms with Crippen molar-refractivity contribution in [2.45, 2.75) is 52.0 Å². The summed E-state index contributed by atoms with van der Waals surface area (Å²) in [5, 5.41) is 11.7. The molecule has 0 saturated carbocycles. The van der Waals surface area contributed by atoms with Crippen LogP contribution in [-0.4, -0.2) is 23.7 Å². The van der Waals surface area contributed by atoms with E-state index in [2.05, 4.69) is 19.2 Å². The van der Waals surface area contributed by atoms with Gasteiger partial charge in [-0.15, -0.1) is 0 Å². The summed E-state index contributed by atoms with van der Waals surface area (Å²) in [5.41, 5.74) is 0. The van der Waals surface area contributed by atoms with Crippen molar-refractivity contribution in [3.8, 4) is 0 Å². The minimum atomic E-state index is -0.724. The third kappa shape index (κ3) is 7.78. The van der Waals surface area contributed by atoms with Gasteiger partial charge in [0.05, 0.1) is 6.42 Å². The van der Waals surface area contributed by atoms with Gasteiger partial charge in [-0.25, -0.2) is 0 Å². The number of carboxylic acid groups (broad SMARTS) is 1. The summed E-state index contributed by atoms with van der Waals surface area (Å²) >= 11 is 0. The molecule has 0 aliphatic heterocycles. The fraction of sp³-hybridized carbons (Fsp3) is 0.900. The molecular weight excluding hydrogens is 166 g/mol. The minimum Gasteiger partial charge on any atom is -0.481 e. The van der Waals surface area contributed by atoms with Crippen LogP contribution >= 0.6 is 0 Å². The molecule has 0 heterocycles. The van der Waals surface area contributed by atoms with Gasteiger partial charge in [0.25, 0.3) is 0 Å². The van der Waals surface area contributed by atoms with Crippen molar-refractivity contribution in [3.05, 3.63) is 0 Å². The topological polar surface area (TPSA) is 49.3 Å². The first kappa shape index (κ1) is 12.4. The van der Waals surface area contributed by atoms with Crippen LogP contribution < -0.4 is 5.32 Å². The van der Waals surface area contributed by atoms with Crippen molar-refractivity contribution in [2.24, 2.45) is 0 Å². The zero-order valence-corrected chi connectivity index (χ0v) is 8.68. The van der Waals surface area contributed by atoms with Crippen LogP contribution in [0.2, 0.25) is 0 Å². The lowest BCUT2D eigenvalue weighted by Gasteiger charge is -2.15. The predicted molar refractivity (Wildman–Crippen MR) is 53.9 cm³/mol. The van der Waals surface area contributed by atoms with Gasteiger partial charge in [-0.2, -0.15) is 0 Å². The zero-order chi connectivity index (χ0) is 10.1. The number of unbranched alkanes of at least 4 members (excludes halogenated alkanes) is 1. The Kier molecular flexibility index (Phi) is 7.69. The fourth-order valence-corrected chi connectivity index (χ4v) is 1.28. The second kappa shape index (κ2) is 8.05. The van der Waals surface area contributed by atoms with E-state index in [1.54, 1.807) is 0 Å². The molecule has 0 aromatic heterocycles. The highest BCUT2D eigenvalue weighted by molar-refractivity contribution is 5.66. The molecule has 0 aliphatic carbocycles. The van der Waals surface area contributed by atoms with Crippen molar-refractivity contribution in [2.75, 3.05) is 6.54 Å². The lowest BCUT2D eigenvalue weighted by molar-refractivity contribution is -0.136. The largest absolute Gasteiger partial charge is 0.481 e. The first-order valence-corrected chi connectivity index (χ1v) is 5.15. The van der Waals surface area contributed by atoms with Crippen LogP contribution in [0.1, 0.15) is 46.0 Å². The molecule has 2 N–H and O–H groups in total. The number of nitrogens with one attached hydrogen (secondary N) is 1. The highest BCUT2D eigenvalue weighted by atomic mass is 16.4. The molecule has 13 heavy (non-hydrogen) atoms. The summed E-state index contributed by atoms with van der Waals surface area (Å²) in [6.45, 7) is 4.90. The third-order valence-corrected chi connectivity index (χ3v) is 2.17. The molecule has 0 bridgehead atoms. The second-order valence-electron chi connectivity index (χ2n) is 3.35. The fourth-order valence-electron chi connectivity index (χ4n) is 1.28. The lowest BCUT2D eigenvalue weighted by atomic mass is 10.1. The highest BCUT2D eigenvalue weighted by Crippen LogP contribution is 2.03. The molecule has 0 spiro atoms. The number of carbonyl (C=O) groups is 1. The van der Waals surface area contributed by atoms with E-state index in [-0.39, 0.29) is 6.42 Å². The molecule has 1 atom stereocenters. The van der Waals surface area contributed by atoms with Crippen LogP contribution in [0.4, 0.5) is 0 Å². The summed E-state index contributed by atoms with van der Waals surface area (Å²) in [6.07, 6.45) is 4.89. The highest BCUT2D eigenvalue weighted by Gasteiger charge is 2.04. The molecule has 0 fully saturated rings. The van der Waals surface area contributed by atoms with Crippen LogP contribution in [-0.2, 0) is 4.79 Å². The molecule has 1 unspecified atom stereocenters. The van der Waals surface area contributed by atoms with Gasteiger partial charge in [-0.3, -0.25) is 4.79 Å². The van der Waals surface area contributed by atoms with E-state index in [0.29, 0.717) is 12.6 Å². The normalized spacial score (nSPS) is 12.8. The Balaban J connectivity index is 3.41. The van der Waals surface area contributed by atoms with Crippen LogP contribution in [0.5, 0.6) is 0 Å². The second-order valence-corrected chi connectivity index (χ2v) is 3.35. The Morgan fingerprint density at radius 3 is 2.62 bits per heavy atom. The number of hydrogen-bond donors (Lipinski definition) is 2. The summed E-state index contributed by atoms with van der Waals surface area (Å²) in [5.74, 6) is -0.724. The quantitative estimate of drug-likeness (QED) is 0.611. The Morgan fingerprint density at radius 1 is 1.46 bits per heavy atom. The molecule has 0 aliphatic rings. The van der Waals surface area contributed by atoms with Crippen LogP contribution in [0.3, 0.4) is 0 Å². The molecule has 3 heteroatoms. The van der Waals surface area contributed by atoms with E-state index < -0.39 is 5.97 Å². The van der Waals surface area contributed by atoms with Gasteiger partial charge in [0.1, 0.15) is 0 Å². The molecule has 0 aromatic carbocycles. The molecule has 0 radical (unpaired) electrons. The average Bonchev–Trinajstić information content (AvgIpc) is 2.10. The Morgan fingerprint density at radius 2 is 2.15 bits per heavy atom. The first-order chi connectivity index (χ1) is 6.20. The number of carboxylic acids is 1. The maximum Gasteiger partial charge on any atom is 0.304 e. The van der Waals surface area contributed by atoms with E-state index in [9.17, 15) is 4.79 Å². The SMILES string of the molecule is CCCCC(CC)NCCC(=O)O. The van der Waals surface area contributed by atoms with Gasteiger partial charge in [0.15, 0.2) is 0 Å². The average molecular weight is 187 g/mol. The maximum absolute atomic E-state index is 10.2. The lowest BCUT2D eigenvalue weighted by Crippen LogP contribution is -2.30. The van der Waals surface area contributed by atoms with Crippen molar-refractivity contribution in [1.29, 1.82) is 0 Å². The zero-order valence-electron chi connectivity index (χ0n) is 8.68. The molecule has 3 nitrogen and oxygen atoms in total. The van der Waals surface area contributed by atoms with Gasteiger partial charge in [-0.05, 0) is 12.8 Å². The minimum absolute atomic E-state index is 0.225. The van der Waals surface area contributed by atoms with Gasteiger partial charge < -0.3 is 10.4 Å². The molecule has 0 aromatic rings. The summed E-state index contributed by atoms with van der Waals surface area (Å²) in [6, 6.07) is 0.499. The Labute approximate surface area is 80.5 Å². The predicted octanol–water partition coefficient (Wildman–Crippen LogP) is 2.02. The van der Waals surface area contributed by atoms with Gasteiger partial charge >= 0.3 is 5.97 Å². The smallest absolute Gasteiger partial charge is 0.304 e. The van der Waals surface area contributed by atoms with Crippen molar-refractivity contribution < 1.29 is 9.90 Å². The number of rotatable bonds is 8. The maximum atomic E-state index is 10.2.